The molecule has 7 nitrogen and oxygen atoms in total. The highest BCUT2D eigenvalue weighted by Crippen LogP contribution is 2.29. The number of benzene rings is 1. The van der Waals surface area contributed by atoms with E-state index in [4.69, 9.17) is 10.2 Å². The summed E-state index contributed by atoms with van der Waals surface area (Å²) in [5, 5.41) is 5.18. The van der Waals surface area contributed by atoms with Crippen LogP contribution in [0.2, 0.25) is 0 Å². The topological polar surface area (TPSA) is 94.4 Å². The fourth-order valence-electron chi connectivity index (χ4n) is 3.17. The Hall–Kier alpha value is -3.09. The molecule has 1 aliphatic rings. The molecule has 24 heavy (non-hydrogen) atoms. The molecular formula is C17H16N4O3. The molecule has 122 valence electrons. The SMILES string of the molecule is Cn1cc2c(n1)C(C(N)=O)CN(C(=O)c1cc3ccccc3o1)C2. The molecule has 4 rings (SSSR count). The Morgan fingerprint density at radius 1 is 1.33 bits per heavy atom. The van der Waals surface area contributed by atoms with Crippen LogP contribution in [0, 0.1) is 0 Å². The van der Waals surface area contributed by atoms with Crippen LogP contribution in [0.1, 0.15) is 27.7 Å². The highest BCUT2D eigenvalue weighted by molar-refractivity contribution is 5.96. The third-order valence-electron chi connectivity index (χ3n) is 4.30. The number of aryl methyl sites for hydroxylation is 1. The number of para-hydroxylation sites is 1. The molecule has 1 atom stereocenters. The number of nitrogens with zero attached hydrogens (tertiary/aromatic N) is 3. The molecule has 7 heteroatoms. The van der Waals surface area contributed by atoms with Crippen molar-refractivity contribution >= 4 is 22.8 Å². The maximum atomic E-state index is 12.8. The predicted octanol–water partition coefficient (Wildman–Crippen LogP) is 1.39. The number of fused-ring (bicyclic) bond motifs is 2. The van der Waals surface area contributed by atoms with E-state index >= 15 is 0 Å². The van der Waals surface area contributed by atoms with Gasteiger partial charge in [-0.05, 0) is 12.1 Å². The molecule has 0 spiro atoms. The van der Waals surface area contributed by atoms with Crippen LogP contribution in [0.25, 0.3) is 11.0 Å². The highest BCUT2D eigenvalue weighted by atomic mass is 16.3. The first-order chi connectivity index (χ1) is 11.5. The van der Waals surface area contributed by atoms with Crippen LogP contribution in [0.5, 0.6) is 0 Å². The quantitative estimate of drug-likeness (QED) is 0.770. The van der Waals surface area contributed by atoms with Crippen molar-refractivity contribution in [1.82, 2.24) is 14.7 Å². The zero-order valence-corrected chi connectivity index (χ0v) is 13.1. The third kappa shape index (κ3) is 2.25. The van der Waals surface area contributed by atoms with E-state index in [-0.39, 0.29) is 18.2 Å². The summed E-state index contributed by atoms with van der Waals surface area (Å²) in [4.78, 5) is 26.2. The number of hydrogen-bond donors (Lipinski definition) is 1. The van der Waals surface area contributed by atoms with Crippen molar-refractivity contribution in [3.8, 4) is 0 Å². The molecule has 1 aromatic carbocycles. The second-order valence-corrected chi connectivity index (χ2v) is 6.00. The van der Waals surface area contributed by atoms with Crippen LogP contribution in [-0.2, 0) is 18.4 Å². The molecule has 2 amide bonds. The van der Waals surface area contributed by atoms with Gasteiger partial charge in [-0.25, -0.2) is 0 Å². The second kappa shape index (κ2) is 5.23. The van der Waals surface area contributed by atoms with Crippen molar-refractivity contribution in [1.29, 1.82) is 0 Å². The Bertz CT molecular complexity index is 923. The maximum absolute atomic E-state index is 12.8. The van der Waals surface area contributed by atoms with Crippen LogP contribution < -0.4 is 5.73 Å². The van der Waals surface area contributed by atoms with Crippen LogP contribution >= 0.6 is 0 Å². The summed E-state index contributed by atoms with van der Waals surface area (Å²) in [7, 11) is 1.78. The maximum Gasteiger partial charge on any atom is 0.289 e. The number of aromatic nitrogens is 2. The average Bonchev–Trinajstić information content (AvgIpc) is 3.14. The second-order valence-electron chi connectivity index (χ2n) is 6.00. The number of nitrogens with two attached hydrogens (primary N) is 1. The Morgan fingerprint density at radius 2 is 2.12 bits per heavy atom. The highest BCUT2D eigenvalue weighted by Gasteiger charge is 2.35. The number of rotatable bonds is 2. The van der Waals surface area contributed by atoms with Gasteiger partial charge in [-0.15, -0.1) is 0 Å². The molecule has 0 saturated heterocycles. The van der Waals surface area contributed by atoms with Crippen LogP contribution in [-0.4, -0.2) is 33.0 Å². The van der Waals surface area contributed by atoms with E-state index in [9.17, 15) is 9.59 Å². The number of furan rings is 1. The summed E-state index contributed by atoms with van der Waals surface area (Å²) in [6.45, 7) is 0.581. The zero-order valence-electron chi connectivity index (χ0n) is 13.1. The van der Waals surface area contributed by atoms with Crippen LogP contribution in [0.3, 0.4) is 0 Å². The molecule has 1 unspecified atom stereocenters. The minimum Gasteiger partial charge on any atom is -0.451 e. The van der Waals surface area contributed by atoms with E-state index in [0.29, 0.717) is 17.8 Å². The van der Waals surface area contributed by atoms with Gasteiger partial charge in [-0.2, -0.15) is 5.10 Å². The minimum atomic E-state index is -0.608. The Balaban J connectivity index is 1.69. The standard InChI is InChI=1S/C17H16N4O3/c1-20-7-11-8-21(9-12(16(18)22)15(11)19-20)17(23)14-6-10-4-2-3-5-13(10)24-14/h2-7,12H,8-9H2,1H3,(H2,18,22). The lowest BCUT2D eigenvalue weighted by Crippen LogP contribution is -2.42. The van der Waals surface area contributed by atoms with Gasteiger partial charge in [0.2, 0.25) is 5.91 Å². The average molecular weight is 324 g/mol. The van der Waals surface area contributed by atoms with Crippen molar-refractivity contribution in [2.24, 2.45) is 12.8 Å². The lowest BCUT2D eigenvalue weighted by atomic mass is 9.96. The van der Waals surface area contributed by atoms with Gasteiger partial charge in [0.05, 0.1) is 11.6 Å². The monoisotopic (exact) mass is 324 g/mol. The number of carbonyl (C=O) groups is 2. The van der Waals surface area contributed by atoms with E-state index in [0.717, 1.165) is 10.9 Å². The van der Waals surface area contributed by atoms with E-state index < -0.39 is 11.8 Å². The van der Waals surface area contributed by atoms with Crippen molar-refractivity contribution in [3.05, 3.63) is 53.5 Å². The molecule has 0 saturated carbocycles. The van der Waals surface area contributed by atoms with E-state index in [1.807, 2.05) is 30.5 Å². The first-order valence-electron chi connectivity index (χ1n) is 7.62. The Labute approximate surface area is 137 Å². The van der Waals surface area contributed by atoms with Gasteiger partial charge in [0.15, 0.2) is 5.76 Å². The van der Waals surface area contributed by atoms with Crippen molar-refractivity contribution in [2.75, 3.05) is 6.54 Å². The summed E-state index contributed by atoms with van der Waals surface area (Å²) >= 11 is 0. The van der Waals surface area contributed by atoms with Gasteiger partial charge in [-0.1, -0.05) is 18.2 Å². The van der Waals surface area contributed by atoms with Crippen molar-refractivity contribution in [2.45, 2.75) is 12.5 Å². The third-order valence-corrected chi connectivity index (χ3v) is 4.30. The predicted molar refractivity (Wildman–Crippen MR) is 86.1 cm³/mol. The van der Waals surface area contributed by atoms with Gasteiger partial charge in [-0.3, -0.25) is 14.3 Å². The molecule has 0 radical (unpaired) electrons. The lowest BCUT2D eigenvalue weighted by Gasteiger charge is -2.29. The normalized spacial score (nSPS) is 17.0. The summed E-state index contributed by atoms with van der Waals surface area (Å²) < 4.78 is 7.28. The summed E-state index contributed by atoms with van der Waals surface area (Å²) in [6, 6.07) is 9.16. The molecule has 3 heterocycles. The smallest absolute Gasteiger partial charge is 0.289 e. The lowest BCUT2D eigenvalue weighted by molar-refractivity contribution is -0.120. The summed E-state index contributed by atoms with van der Waals surface area (Å²) in [5.41, 5.74) is 7.64. The first kappa shape index (κ1) is 14.5. The first-order valence-corrected chi connectivity index (χ1v) is 7.62. The fourth-order valence-corrected chi connectivity index (χ4v) is 3.17. The Kier molecular flexibility index (Phi) is 3.16. The van der Waals surface area contributed by atoms with E-state index in [2.05, 4.69) is 5.10 Å². The summed E-state index contributed by atoms with van der Waals surface area (Å²) in [5.74, 6) is -1.10. The van der Waals surface area contributed by atoms with Gasteiger partial charge < -0.3 is 15.1 Å². The zero-order chi connectivity index (χ0) is 16.8. The number of primary amides is 1. The molecule has 0 bridgehead atoms. The molecular weight excluding hydrogens is 308 g/mol. The van der Waals surface area contributed by atoms with Gasteiger partial charge >= 0.3 is 0 Å². The molecule has 2 aromatic heterocycles. The molecule has 3 aromatic rings. The van der Waals surface area contributed by atoms with E-state index in [1.54, 1.807) is 22.7 Å². The molecule has 0 fully saturated rings. The molecule has 2 N–H and O–H groups in total. The van der Waals surface area contributed by atoms with Gasteiger partial charge in [0.1, 0.15) is 5.58 Å². The van der Waals surface area contributed by atoms with Crippen LogP contribution in [0.15, 0.2) is 40.9 Å². The molecule has 0 aliphatic carbocycles. The minimum absolute atomic E-state index is 0.204. The largest absolute Gasteiger partial charge is 0.451 e. The number of amides is 2. The number of carbonyl (C=O) groups excluding carboxylic acids is 2. The van der Waals surface area contributed by atoms with E-state index in [1.165, 1.54) is 0 Å². The van der Waals surface area contributed by atoms with Crippen LogP contribution in [0.4, 0.5) is 0 Å². The molecule has 1 aliphatic heterocycles. The van der Waals surface area contributed by atoms with Gasteiger partial charge in [0, 0.05) is 37.3 Å². The van der Waals surface area contributed by atoms with Crippen molar-refractivity contribution < 1.29 is 14.0 Å². The number of hydrogen-bond acceptors (Lipinski definition) is 4. The van der Waals surface area contributed by atoms with Gasteiger partial charge in [0.25, 0.3) is 5.91 Å². The Morgan fingerprint density at radius 3 is 2.88 bits per heavy atom. The summed E-state index contributed by atoms with van der Waals surface area (Å²) in [6.07, 6.45) is 1.81. The van der Waals surface area contributed by atoms with Crippen molar-refractivity contribution in [3.63, 3.8) is 0 Å². The fraction of sp³-hybridized carbons (Fsp3) is 0.235.